The number of H-pyrrole nitrogens is 1. The first-order valence-electron chi connectivity index (χ1n) is 10.5. The maximum absolute atomic E-state index is 4.39. The minimum absolute atomic E-state index is 0.369. The zero-order valence-corrected chi connectivity index (χ0v) is 17.1. The van der Waals surface area contributed by atoms with Crippen LogP contribution in [0.15, 0.2) is 67.6 Å². The molecule has 1 aromatic heterocycles. The molecule has 1 N–H and O–H groups in total. The van der Waals surface area contributed by atoms with E-state index < -0.39 is 0 Å². The summed E-state index contributed by atoms with van der Waals surface area (Å²) in [6.07, 6.45) is 4.32. The van der Waals surface area contributed by atoms with E-state index in [9.17, 15) is 0 Å². The Morgan fingerprint density at radius 3 is 2.28 bits per heavy atom. The van der Waals surface area contributed by atoms with Gasteiger partial charge in [0.1, 0.15) is 0 Å². The van der Waals surface area contributed by atoms with Gasteiger partial charge < -0.3 is 14.8 Å². The molecule has 2 aliphatic rings. The molecule has 0 spiro atoms. The molecule has 1 aliphatic heterocycles. The van der Waals surface area contributed by atoms with Gasteiger partial charge in [-0.3, -0.25) is 0 Å². The highest BCUT2D eigenvalue weighted by Crippen LogP contribution is 2.51. The van der Waals surface area contributed by atoms with E-state index in [0.717, 1.165) is 42.9 Å². The third-order valence-corrected chi connectivity index (χ3v) is 6.71. The summed E-state index contributed by atoms with van der Waals surface area (Å²) in [5.41, 5.74) is 8.47. The van der Waals surface area contributed by atoms with E-state index in [1.807, 2.05) is 0 Å². The van der Waals surface area contributed by atoms with Crippen molar-refractivity contribution in [3.8, 4) is 11.1 Å². The summed E-state index contributed by atoms with van der Waals surface area (Å²) in [6.45, 7) is 15.2. The van der Waals surface area contributed by atoms with Crippen LogP contribution in [-0.2, 0) is 0 Å². The Bertz CT molecular complexity index is 1060. The number of fused-ring (bicyclic) bond motifs is 1. The van der Waals surface area contributed by atoms with Gasteiger partial charge in [-0.25, -0.2) is 4.98 Å². The predicted molar refractivity (Wildman–Crippen MR) is 120 cm³/mol. The van der Waals surface area contributed by atoms with E-state index in [1.165, 1.54) is 35.2 Å². The predicted octanol–water partition coefficient (Wildman–Crippen LogP) is 5.13. The number of nitrogens with zero attached hydrogens (tertiary/aromatic N) is 3. The van der Waals surface area contributed by atoms with Gasteiger partial charge in [0.25, 0.3) is 0 Å². The molecule has 0 radical (unpaired) electrons. The van der Waals surface area contributed by atoms with E-state index in [4.69, 9.17) is 0 Å². The molecule has 1 aliphatic carbocycles. The van der Waals surface area contributed by atoms with Crippen LogP contribution in [0.5, 0.6) is 0 Å². The quantitative estimate of drug-likeness (QED) is 0.662. The van der Waals surface area contributed by atoms with Gasteiger partial charge in [0.2, 0.25) is 0 Å². The van der Waals surface area contributed by atoms with Crippen molar-refractivity contribution in [3.63, 3.8) is 0 Å². The van der Waals surface area contributed by atoms with Crippen LogP contribution in [-0.4, -0.2) is 45.9 Å². The Hall–Kier alpha value is -3.01. The lowest BCUT2D eigenvalue weighted by Gasteiger charge is -2.40. The molecular formula is C25H28N4. The number of aromatic amines is 1. The Labute approximate surface area is 172 Å². The van der Waals surface area contributed by atoms with Crippen molar-refractivity contribution in [2.45, 2.75) is 19.8 Å². The zero-order chi connectivity index (χ0) is 20.0. The Morgan fingerprint density at radius 2 is 1.59 bits per heavy atom. The third-order valence-electron chi connectivity index (χ3n) is 6.71. The molecule has 1 saturated heterocycles. The second-order valence-corrected chi connectivity index (χ2v) is 8.64. The average molecular weight is 385 g/mol. The summed E-state index contributed by atoms with van der Waals surface area (Å²) in [5, 5.41) is 0. The molecular weight excluding hydrogens is 356 g/mol. The molecule has 29 heavy (non-hydrogen) atoms. The van der Waals surface area contributed by atoms with Gasteiger partial charge in [0.15, 0.2) is 0 Å². The van der Waals surface area contributed by atoms with E-state index >= 15 is 0 Å². The minimum atomic E-state index is 0.369. The molecule has 1 saturated carbocycles. The van der Waals surface area contributed by atoms with Crippen LogP contribution < -0.4 is 0 Å². The van der Waals surface area contributed by atoms with Crippen molar-refractivity contribution in [2.24, 2.45) is 5.41 Å². The first-order chi connectivity index (χ1) is 14.0. The van der Waals surface area contributed by atoms with Crippen LogP contribution >= 0.6 is 0 Å². The fraction of sp³-hybridized carbons (Fsp3) is 0.320. The molecule has 0 bridgehead atoms. The monoisotopic (exact) mass is 384 g/mol. The maximum atomic E-state index is 4.39. The zero-order valence-electron chi connectivity index (χ0n) is 17.1. The van der Waals surface area contributed by atoms with E-state index in [0.29, 0.717) is 5.41 Å². The number of rotatable bonds is 5. The first kappa shape index (κ1) is 18.0. The van der Waals surface area contributed by atoms with Gasteiger partial charge in [-0.05, 0) is 41.7 Å². The molecule has 0 unspecified atom stereocenters. The van der Waals surface area contributed by atoms with Crippen molar-refractivity contribution in [1.29, 1.82) is 0 Å². The number of allylic oxidation sites excluding steroid dienone is 1. The molecule has 2 heterocycles. The van der Waals surface area contributed by atoms with Crippen molar-refractivity contribution >= 4 is 16.7 Å². The largest absolute Gasteiger partial charge is 0.371 e. The van der Waals surface area contributed by atoms with Gasteiger partial charge >= 0.3 is 0 Å². The van der Waals surface area contributed by atoms with E-state index in [-0.39, 0.29) is 0 Å². The molecule has 4 nitrogen and oxygen atoms in total. The highest BCUT2D eigenvalue weighted by molar-refractivity contribution is 5.81. The lowest BCUT2D eigenvalue weighted by molar-refractivity contribution is 0.196. The molecule has 2 aromatic carbocycles. The Balaban J connectivity index is 1.25. The van der Waals surface area contributed by atoms with Crippen molar-refractivity contribution in [2.75, 3.05) is 26.2 Å². The first-order valence-corrected chi connectivity index (χ1v) is 10.5. The highest BCUT2D eigenvalue weighted by Gasteiger charge is 2.42. The fourth-order valence-corrected chi connectivity index (χ4v) is 4.26. The molecule has 5 rings (SSSR count). The van der Waals surface area contributed by atoms with Crippen LogP contribution in [0.4, 0.5) is 0 Å². The molecule has 3 aromatic rings. The molecule has 2 fully saturated rings. The summed E-state index contributed by atoms with van der Waals surface area (Å²) in [7, 11) is 0. The SMILES string of the molecule is C=C(c1ccc(-c2ccc3nc[nH]c3c2)cc1)N1CCN(C(=C)C2(C)CC2)CC1. The van der Waals surface area contributed by atoms with Crippen molar-refractivity contribution < 1.29 is 0 Å². The lowest BCUT2D eigenvalue weighted by atomic mass is 10.0. The second-order valence-electron chi connectivity index (χ2n) is 8.64. The van der Waals surface area contributed by atoms with E-state index in [2.05, 4.69) is 82.3 Å². The van der Waals surface area contributed by atoms with Crippen LogP contribution in [0.1, 0.15) is 25.3 Å². The van der Waals surface area contributed by atoms with Crippen LogP contribution in [0.3, 0.4) is 0 Å². The number of aromatic nitrogens is 2. The average Bonchev–Trinajstić information content (AvgIpc) is 3.34. The van der Waals surface area contributed by atoms with Crippen LogP contribution in [0, 0.1) is 5.41 Å². The minimum Gasteiger partial charge on any atom is -0.371 e. The number of imidazole rings is 1. The molecule has 0 amide bonds. The topological polar surface area (TPSA) is 35.2 Å². The summed E-state index contributed by atoms with van der Waals surface area (Å²) in [5.74, 6) is 0. The van der Waals surface area contributed by atoms with Crippen molar-refractivity contribution in [1.82, 2.24) is 19.8 Å². The summed E-state index contributed by atoms with van der Waals surface area (Å²) in [4.78, 5) is 12.4. The van der Waals surface area contributed by atoms with E-state index in [1.54, 1.807) is 6.33 Å². The number of piperazine rings is 1. The normalized spacial score (nSPS) is 18.1. The molecule has 0 atom stereocenters. The smallest absolute Gasteiger partial charge is 0.0931 e. The summed E-state index contributed by atoms with van der Waals surface area (Å²) in [6, 6.07) is 15.1. The fourth-order valence-electron chi connectivity index (χ4n) is 4.26. The summed E-state index contributed by atoms with van der Waals surface area (Å²) >= 11 is 0. The maximum Gasteiger partial charge on any atom is 0.0931 e. The Kier molecular flexibility index (Phi) is 4.23. The van der Waals surface area contributed by atoms with Gasteiger partial charge in [-0.1, -0.05) is 50.4 Å². The highest BCUT2D eigenvalue weighted by atomic mass is 15.3. The van der Waals surface area contributed by atoms with Gasteiger partial charge in [-0.2, -0.15) is 0 Å². The van der Waals surface area contributed by atoms with Crippen molar-refractivity contribution in [3.05, 3.63) is 73.2 Å². The summed E-state index contributed by atoms with van der Waals surface area (Å²) < 4.78 is 0. The van der Waals surface area contributed by atoms with Gasteiger partial charge in [0.05, 0.1) is 17.4 Å². The van der Waals surface area contributed by atoms with Crippen LogP contribution in [0.2, 0.25) is 0 Å². The molecule has 148 valence electrons. The second kappa shape index (κ2) is 6.80. The molecule has 4 heteroatoms. The Morgan fingerprint density at radius 1 is 0.931 bits per heavy atom. The third kappa shape index (κ3) is 3.33. The van der Waals surface area contributed by atoms with Gasteiger partial charge in [0, 0.05) is 43.0 Å². The number of benzene rings is 2. The standard InChI is InChI=1S/C25H28N4/c1-18(28-12-14-29(15-13-28)19(2)25(3)10-11-25)20-4-6-21(7-5-20)22-8-9-23-24(16-22)27-17-26-23/h4-9,16-17H,1-2,10-15H2,3H3,(H,26,27). The van der Waals surface area contributed by atoms with Gasteiger partial charge in [-0.15, -0.1) is 0 Å². The number of hydrogen-bond donors (Lipinski definition) is 1. The lowest BCUT2D eigenvalue weighted by Crippen LogP contribution is -2.45. The van der Waals surface area contributed by atoms with Crippen LogP contribution in [0.25, 0.3) is 27.9 Å². The number of nitrogens with one attached hydrogen (secondary N) is 1. The number of hydrogen-bond acceptors (Lipinski definition) is 3.